The monoisotopic (exact) mass is 226 g/mol. The molecule has 0 radical (unpaired) electrons. The fourth-order valence-electron chi connectivity index (χ4n) is 1.02. The smallest absolute Gasteiger partial charge is 0.352 e. The molecular formula is C9H17F3N2O. The lowest BCUT2D eigenvalue weighted by molar-refractivity contribution is -0.141. The molecule has 15 heavy (non-hydrogen) atoms. The lowest BCUT2D eigenvalue weighted by atomic mass is 10.2. The van der Waals surface area contributed by atoms with Crippen LogP contribution in [0.3, 0.4) is 0 Å². The summed E-state index contributed by atoms with van der Waals surface area (Å²) in [5.74, 6) is -0.416. The molecule has 0 spiro atoms. The molecule has 0 aromatic heterocycles. The van der Waals surface area contributed by atoms with E-state index >= 15 is 0 Å². The molecule has 3 nitrogen and oxygen atoms in total. The van der Waals surface area contributed by atoms with Crippen molar-refractivity contribution in [3.63, 3.8) is 0 Å². The van der Waals surface area contributed by atoms with Gasteiger partial charge in [-0.3, -0.25) is 4.79 Å². The number of hydrogen-bond acceptors (Lipinski definition) is 2. The Hall–Kier alpha value is -0.780. The van der Waals surface area contributed by atoms with Crippen LogP contribution >= 0.6 is 0 Å². The minimum absolute atomic E-state index is 0.0415. The van der Waals surface area contributed by atoms with E-state index in [0.717, 1.165) is 0 Å². The van der Waals surface area contributed by atoms with Gasteiger partial charge in [-0.15, -0.1) is 0 Å². The third-order valence-corrected chi connectivity index (χ3v) is 1.62. The zero-order valence-electron chi connectivity index (χ0n) is 9.11. The van der Waals surface area contributed by atoms with Gasteiger partial charge in [-0.05, 0) is 6.92 Å². The average molecular weight is 226 g/mol. The van der Waals surface area contributed by atoms with E-state index in [4.69, 9.17) is 0 Å². The quantitative estimate of drug-likeness (QED) is 0.744. The van der Waals surface area contributed by atoms with Gasteiger partial charge in [-0.2, -0.15) is 13.2 Å². The van der Waals surface area contributed by atoms with Crippen molar-refractivity contribution in [3.8, 4) is 0 Å². The largest absolute Gasteiger partial charge is 0.391 e. The molecule has 0 aliphatic rings. The van der Waals surface area contributed by atoms with Crippen molar-refractivity contribution < 1.29 is 18.0 Å². The molecule has 0 rings (SSSR count). The second-order valence-electron chi connectivity index (χ2n) is 3.82. The maximum atomic E-state index is 11.9. The predicted molar refractivity (Wildman–Crippen MR) is 51.4 cm³/mol. The summed E-state index contributed by atoms with van der Waals surface area (Å²) in [4.78, 5) is 11.1. The molecule has 6 heteroatoms. The summed E-state index contributed by atoms with van der Waals surface area (Å²) >= 11 is 0. The zero-order valence-corrected chi connectivity index (χ0v) is 9.11. The Morgan fingerprint density at radius 1 is 1.27 bits per heavy atom. The van der Waals surface area contributed by atoms with Crippen LogP contribution in [0, 0.1) is 0 Å². The predicted octanol–water partition coefficient (Wildman–Crippen LogP) is 1.44. The summed E-state index contributed by atoms with van der Waals surface area (Å²) < 4.78 is 35.7. The molecule has 0 saturated carbocycles. The van der Waals surface area contributed by atoms with Crippen LogP contribution in [0.15, 0.2) is 0 Å². The fourth-order valence-corrected chi connectivity index (χ4v) is 1.02. The van der Waals surface area contributed by atoms with Gasteiger partial charge in [0.15, 0.2) is 0 Å². The maximum Gasteiger partial charge on any atom is 0.391 e. The van der Waals surface area contributed by atoms with Crippen molar-refractivity contribution in [2.75, 3.05) is 6.54 Å². The SMILES string of the molecule is CC(C)NCC(=O)NC(C)CC(F)(F)F. The highest BCUT2D eigenvalue weighted by Crippen LogP contribution is 2.21. The van der Waals surface area contributed by atoms with E-state index < -0.39 is 24.5 Å². The van der Waals surface area contributed by atoms with Crippen LogP contribution in [0.2, 0.25) is 0 Å². The molecule has 90 valence electrons. The molecule has 0 aromatic rings. The molecule has 0 saturated heterocycles. The Morgan fingerprint density at radius 2 is 1.80 bits per heavy atom. The lowest BCUT2D eigenvalue weighted by Gasteiger charge is -2.16. The molecule has 1 amide bonds. The van der Waals surface area contributed by atoms with Crippen molar-refractivity contribution in [1.82, 2.24) is 10.6 Å². The van der Waals surface area contributed by atoms with Crippen LogP contribution < -0.4 is 10.6 Å². The number of alkyl halides is 3. The zero-order chi connectivity index (χ0) is 12.1. The highest BCUT2D eigenvalue weighted by molar-refractivity contribution is 5.78. The molecule has 0 fully saturated rings. The number of halogens is 3. The van der Waals surface area contributed by atoms with Gasteiger partial charge < -0.3 is 10.6 Å². The molecule has 0 aliphatic heterocycles. The topological polar surface area (TPSA) is 41.1 Å². The van der Waals surface area contributed by atoms with Crippen LogP contribution in [0.5, 0.6) is 0 Å². The summed E-state index contributed by atoms with van der Waals surface area (Å²) in [7, 11) is 0. The van der Waals surface area contributed by atoms with Gasteiger partial charge in [-0.25, -0.2) is 0 Å². The van der Waals surface area contributed by atoms with Gasteiger partial charge in [0.25, 0.3) is 0 Å². The fraction of sp³-hybridized carbons (Fsp3) is 0.889. The van der Waals surface area contributed by atoms with Crippen molar-refractivity contribution >= 4 is 5.91 Å². The normalized spacial score (nSPS) is 14.1. The number of nitrogens with one attached hydrogen (secondary N) is 2. The number of carbonyl (C=O) groups is 1. The van der Waals surface area contributed by atoms with Crippen LogP contribution in [-0.2, 0) is 4.79 Å². The Labute approximate surface area is 87.4 Å². The minimum atomic E-state index is -4.24. The maximum absolute atomic E-state index is 11.9. The average Bonchev–Trinajstić information content (AvgIpc) is 1.96. The van der Waals surface area contributed by atoms with Crippen molar-refractivity contribution in [2.45, 2.75) is 45.5 Å². The summed E-state index contributed by atoms with van der Waals surface area (Å²) in [5, 5.41) is 5.09. The van der Waals surface area contributed by atoms with E-state index in [1.165, 1.54) is 6.92 Å². The summed E-state index contributed by atoms with van der Waals surface area (Å²) in [5.41, 5.74) is 0. The lowest BCUT2D eigenvalue weighted by Crippen LogP contribution is -2.42. The Morgan fingerprint density at radius 3 is 2.20 bits per heavy atom. The summed E-state index contributed by atoms with van der Waals surface area (Å²) in [6, 6.07) is -0.750. The number of amides is 1. The molecular weight excluding hydrogens is 209 g/mol. The van der Waals surface area contributed by atoms with E-state index in [1.807, 2.05) is 13.8 Å². The Bertz CT molecular complexity index is 204. The number of rotatable bonds is 5. The molecule has 0 aromatic carbocycles. The van der Waals surface area contributed by atoms with Crippen molar-refractivity contribution in [1.29, 1.82) is 0 Å². The van der Waals surface area contributed by atoms with Gasteiger partial charge >= 0.3 is 6.18 Å². The first-order valence-electron chi connectivity index (χ1n) is 4.80. The van der Waals surface area contributed by atoms with Gasteiger partial charge in [-0.1, -0.05) is 13.8 Å². The van der Waals surface area contributed by atoms with Crippen LogP contribution in [0.1, 0.15) is 27.2 Å². The van der Waals surface area contributed by atoms with Crippen molar-refractivity contribution in [3.05, 3.63) is 0 Å². The van der Waals surface area contributed by atoms with Crippen molar-refractivity contribution in [2.24, 2.45) is 0 Å². The summed E-state index contributed by atoms with van der Waals surface area (Å²) in [6.45, 7) is 5.08. The van der Waals surface area contributed by atoms with Crippen LogP contribution in [0.25, 0.3) is 0 Å². The van der Waals surface area contributed by atoms with E-state index in [-0.39, 0.29) is 12.6 Å². The van der Waals surface area contributed by atoms with E-state index in [1.54, 1.807) is 0 Å². The third kappa shape index (κ3) is 9.52. The summed E-state index contributed by atoms with van der Waals surface area (Å²) in [6.07, 6.45) is -5.24. The first-order valence-corrected chi connectivity index (χ1v) is 4.80. The Balaban J connectivity index is 3.77. The van der Waals surface area contributed by atoms with E-state index in [9.17, 15) is 18.0 Å². The number of carbonyl (C=O) groups excluding carboxylic acids is 1. The van der Waals surface area contributed by atoms with Crippen LogP contribution in [0.4, 0.5) is 13.2 Å². The third-order valence-electron chi connectivity index (χ3n) is 1.62. The van der Waals surface area contributed by atoms with E-state index in [0.29, 0.717) is 0 Å². The second kappa shape index (κ2) is 5.95. The highest BCUT2D eigenvalue weighted by Gasteiger charge is 2.30. The molecule has 0 bridgehead atoms. The van der Waals surface area contributed by atoms with Gasteiger partial charge in [0.1, 0.15) is 0 Å². The first-order chi connectivity index (χ1) is 6.70. The molecule has 0 heterocycles. The molecule has 2 N–H and O–H groups in total. The van der Waals surface area contributed by atoms with E-state index in [2.05, 4.69) is 10.6 Å². The Kier molecular flexibility index (Phi) is 5.64. The van der Waals surface area contributed by atoms with Gasteiger partial charge in [0.05, 0.1) is 13.0 Å². The first kappa shape index (κ1) is 14.2. The van der Waals surface area contributed by atoms with Gasteiger partial charge in [0.2, 0.25) is 5.91 Å². The molecule has 1 unspecified atom stereocenters. The van der Waals surface area contributed by atoms with Gasteiger partial charge in [0, 0.05) is 12.1 Å². The minimum Gasteiger partial charge on any atom is -0.352 e. The van der Waals surface area contributed by atoms with Crippen LogP contribution in [-0.4, -0.2) is 30.7 Å². The highest BCUT2D eigenvalue weighted by atomic mass is 19.4. The second-order valence-corrected chi connectivity index (χ2v) is 3.82. The standard InChI is InChI=1S/C9H17F3N2O/c1-6(2)13-5-8(15)14-7(3)4-9(10,11)12/h6-7,13H,4-5H2,1-3H3,(H,14,15). The molecule has 0 aliphatic carbocycles. The number of hydrogen-bond donors (Lipinski definition) is 2. The molecule has 1 atom stereocenters.